The molecule has 0 saturated carbocycles. The molecule has 0 fully saturated rings. The van der Waals surface area contributed by atoms with Crippen molar-refractivity contribution in [3.05, 3.63) is 65.7 Å². The van der Waals surface area contributed by atoms with Crippen LogP contribution >= 0.6 is 0 Å². The first-order chi connectivity index (χ1) is 7.75. The normalized spacial score (nSPS) is 12.4. The third-order valence-corrected chi connectivity index (χ3v) is 2.41. The van der Waals surface area contributed by atoms with Gasteiger partial charge in [0.1, 0.15) is 5.82 Å². The van der Waals surface area contributed by atoms with Crippen LogP contribution in [0.15, 0.2) is 48.8 Å². The monoisotopic (exact) mass is 217 g/mol. The van der Waals surface area contributed by atoms with Crippen LogP contribution in [0.5, 0.6) is 0 Å². The Balaban J connectivity index is 2.08. The quantitative estimate of drug-likeness (QED) is 0.856. The zero-order valence-electron chi connectivity index (χ0n) is 8.68. The van der Waals surface area contributed by atoms with E-state index in [9.17, 15) is 9.50 Å². The molecule has 0 spiro atoms. The largest absolute Gasteiger partial charge is 0.388 e. The van der Waals surface area contributed by atoms with E-state index in [2.05, 4.69) is 4.98 Å². The Kier molecular flexibility index (Phi) is 3.27. The molecule has 2 aromatic rings. The number of rotatable bonds is 3. The third kappa shape index (κ3) is 2.64. The van der Waals surface area contributed by atoms with Gasteiger partial charge in [-0.1, -0.05) is 18.2 Å². The van der Waals surface area contributed by atoms with E-state index in [0.29, 0.717) is 6.42 Å². The van der Waals surface area contributed by atoms with Crippen LogP contribution in [-0.4, -0.2) is 10.1 Å². The molecule has 0 aliphatic carbocycles. The zero-order valence-corrected chi connectivity index (χ0v) is 8.68. The first kappa shape index (κ1) is 10.8. The van der Waals surface area contributed by atoms with Crippen LogP contribution < -0.4 is 0 Å². The maximum atomic E-state index is 12.7. The molecule has 0 aliphatic heterocycles. The number of aliphatic hydroxyl groups is 1. The first-order valence-electron chi connectivity index (χ1n) is 5.08. The molecule has 0 radical (unpaired) electrons. The molecule has 1 N–H and O–H groups in total. The average Bonchev–Trinajstić information content (AvgIpc) is 2.33. The fraction of sp³-hybridized carbons (Fsp3) is 0.154. The minimum atomic E-state index is -0.598. The molecule has 0 bridgehead atoms. The minimum Gasteiger partial charge on any atom is -0.388 e. The van der Waals surface area contributed by atoms with Crippen molar-refractivity contribution in [2.45, 2.75) is 12.5 Å². The third-order valence-electron chi connectivity index (χ3n) is 2.41. The second kappa shape index (κ2) is 4.86. The van der Waals surface area contributed by atoms with Gasteiger partial charge in [-0.05, 0) is 29.3 Å². The summed E-state index contributed by atoms with van der Waals surface area (Å²) in [6.45, 7) is 0. The summed E-state index contributed by atoms with van der Waals surface area (Å²) in [4.78, 5) is 3.94. The van der Waals surface area contributed by atoms with Gasteiger partial charge in [0.05, 0.1) is 6.10 Å². The number of hydrogen-bond acceptors (Lipinski definition) is 2. The van der Waals surface area contributed by atoms with E-state index in [1.54, 1.807) is 30.6 Å². The number of benzene rings is 1. The van der Waals surface area contributed by atoms with Gasteiger partial charge in [-0.3, -0.25) is 4.98 Å². The summed E-state index contributed by atoms with van der Waals surface area (Å²) in [5.41, 5.74) is 1.67. The van der Waals surface area contributed by atoms with Crippen LogP contribution in [0.25, 0.3) is 0 Å². The highest BCUT2D eigenvalue weighted by Crippen LogP contribution is 2.17. The highest BCUT2D eigenvalue weighted by molar-refractivity contribution is 5.20. The van der Waals surface area contributed by atoms with Crippen molar-refractivity contribution in [1.29, 1.82) is 0 Å². The van der Waals surface area contributed by atoms with Crippen LogP contribution in [0.2, 0.25) is 0 Å². The Morgan fingerprint density at radius 2 is 1.94 bits per heavy atom. The van der Waals surface area contributed by atoms with E-state index in [1.165, 1.54) is 12.1 Å². The molecule has 16 heavy (non-hydrogen) atoms. The average molecular weight is 217 g/mol. The van der Waals surface area contributed by atoms with Crippen molar-refractivity contribution in [2.24, 2.45) is 0 Å². The topological polar surface area (TPSA) is 33.1 Å². The van der Waals surface area contributed by atoms with Crippen LogP contribution in [0.3, 0.4) is 0 Å². The number of hydrogen-bond donors (Lipinski definition) is 1. The Morgan fingerprint density at radius 3 is 2.56 bits per heavy atom. The fourth-order valence-corrected chi connectivity index (χ4v) is 1.53. The van der Waals surface area contributed by atoms with Gasteiger partial charge in [0, 0.05) is 18.8 Å². The van der Waals surface area contributed by atoms with Gasteiger partial charge in [-0.25, -0.2) is 4.39 Å². The molecule has 3 heteroatoms. The summed E-state index contributed by atoms with van der Waals surface area (Å²) in [5.74, 6) is -0.264. The maximum Gasteiger partial charge on any atom is 0.123 e. The molecule has 0 aliphatic rings. The standard InChI is InChI=1S/C13H12FNO/c14-12-5-3-10(4-6-12)8-13(16)11-2-1-7-15-9-11/h1-7,9,13,16H,8H2/t13-/m0/s1. The number of aromatic nitrogens is 1. The van der Waals surface area contributed by atoms with Gasteiger partial charge in [0.15, 0.2) is 0 Å². The van der Waals surface area contributed by atoms with Gasteiger partial charge in [0.2, 0.25) is 0 Å². The van der Waals surface area contributed by atoms with Crippen molar-refractivity contribution >= 4 is 0 Å². The van der Waals surface area contributed by atoms with Crippen LogP contribution in [0, 0.1) is 5.82 Å². The summed E-state index contributed by atoms with van der Waals surface area (Å²) in [6.07, 6.45) is 3.16. The molecule has 82 valence electrons. The highest BCUT2D eigenvalue weighted by Gasteiger charge is 2.08. The van der Waals surface area contributed by atoms with Gasteiger partial charge < -0.3 is 5.11 Å². The Labute approximate surface area is 93.4 Å². The predicted octanol–water partition coefficient (Wildman–Crippen LogP) is 2.50. The molecule has 0 unspecified atom stereocenters. The summed E-state index contributed by atoms with van der Waals surface area (Å²) in [5, 5.41) is 9.91. The summed E-state index contributed by atoms with van der Waals surface area (Å²) in [7, 11) is 0. The molecule has 2 nitrogen and oxygen atoms in total. The van der Waals surface area contributed by atoms with Gasteiger partial charge >= 0.3 is 0 Å². The molecule has 1 aromatic heterocycles. The summed E-state index contributed by atoms with van der Waals surface area (Å²) >= 11 is 0. The van der Waals surface area contributed by atoms with Gasteiger partial charge in [0.25, 0.3) is 0 Å². The lowest BCUT2D eigenvalue weighted by Crippen LogP contribution is -2.02. The lowest BCUT2D eigenvalue weighted by Gasteiger charge is -2.10. The smallest absolute Gasteiger partial charge is 0.123 e. The van der Waals surface area contributed by atoms with Crippen LogP contribution in [-0.2, 0) is 6.42 Å². The van der Waals surface area contributed by atoms with Gasteiger partial charge in [-0.2, -0.15) is 0 Å². The molecule has 1 atom stereocenters. The summed E-state index contributed by atoms with van der Waals surface area (Å²) in [6, 6.07) is 9.74. The van der Waals surface area contributed by atoms with Crippen molar-refractivity contribution in [3.63, 3.8) is 0 Å². The number of halogens is 1. The van der Waals surface area contributed by atoms with Crippen molar-refractivity contribution < 1.29 is 9.50 Å². The Bertz CT molecular complexity index is 441. The van der Waals surface area contributed by atoms with Gasteiger partial charge in [-0.15, -0.1) is 0 Å². The lowest BCUT2D eigenvalue weighted by atomic mass is 10.0. The zero-order chi connectivity index (χ0) is 11.4. The minimum absolute atomic E-state index is 0.264. The van der Waals surface area contributed by atoms with Crippen molar-refractivity contribution in [1.82, 2.24) is 4.98 Å². The number of pyridine rings is 1. The molecule has 0 saturated heterocycles. The maximum absolute atomic E-state index is 12.7. The van der Waals surface area contributed by atoms with E-state index in [1.807, 2.05) is 6.07 Å². The molecule has 0 amide bonds. The second-order valence-corrected chi connectivity index (χ2v) is 3.63. The van der Waals surface area contributed by atoms with Crippen LogP contribution in [0.1, 0.15) is 17.2 Å². The lowest BCUT2D eigenvalue weighted by molar-refractivity contribution is 0.178. The molecular formula is C13H12FNO. The molecule has 1 aromatic carbocycles. The Morgan fingerprint density at radius 1 is 1.19 bits per heavy atom. The molecular weight excluding hydrogens is 205 g/mol. The molecule has 1 heterocycles. The van der Waals surface area contributed by atoms with E-state index < -0.39 is 6.10 Å². The predicted molar refractivity (Wildman–Crippen MR) is 59.3 cm³/mol. The first-order valence-corrected chi connectivity index (χ1v) is 5.08. The second-order valence-electron chi connectivity index (χ2n) is 3.63. The molecule has 2 rings (SSSR count). The number of nitrogens with zero attached hydrogens (tertiary/aromatic N) is 1. The van der Waals surface area contributed by atoms with Crippen LogP contribution in [0.4, 0.5) is 4.39 Å². The van der Waals surface area contributed by atoms with E-state index in [-0.39, 0.29) is 5.82 Å². The van der Waals surface area contributed by atoms with E-state index in [4.69, 9.17) is 0 Å². The summed E-state index contributed by atoms with van der Waals surface area (Å²) < 4.78 is 12.7. The highest BCUT2D eigenvalue weighted by atomic mass is 19.1. The van der Waals surface area contributed by atoms with E-state index >= 15 is 0 Å². The fourth-order valence-electron chi connectivity index (χ4n) is 1.53. The van der Waals surface area contributed by atoms with Crippen molar-refractivity contribution in [3.8, 4) is 0 Å². The SMILES string of the molecule is O[C@@H](Cc1ccc(F)cc1)c1cccnc1. The van der Waals surface area contributed by atoms with E-state index in [0.717, 1.165) is 11.1 Å². The number of aliphatic hydroxyl groups excluding tert-OH is 1. The Hall–Kier alpha value is -1.74. The van der Waals surface area contributed by atoms with Crippen molar-refractivity contribution in [2.75, 3.05) is 0 Å².